The van der Waals surface area contributed by atoms with Crippen molar-refractivity contribution in [3.05, 3.63) is 77.9 Å². The predicted octanol–water partition coefficient (Wildman–Crippen LogP) is 4.16. The SMILES string of the molecule is CCOC(=O)N1C=CC(c2c(-c3ccc(F)cc3)nc3n2N(C(C)=O)CCN3C(C)=O)c2ccccc21. The molecule has 2 aliphatic rings. The van der Waals surface area contributed by atoms with Gasteiger partial charge in [-0.15, -0.1) is 0 Å². The Kier molecular flexibility index (Phi) is 6.24. The maximum Gasteiger partial charge on any atom is 0.418 e. The van der Waals surface area contributed by atoms with Crippen LogP contribution in [0.25, 0.3) is 11.3 Å². The molecule has 37 heavy (non-hydrogen) atoms. The second-order valence-corrected chi connectivity index (χ2v) is 8.72. The number of fused-ring (bicyclic) bond motifs is 2. The van der Waals surface area contributed by atoms with Crippen molar-refractivity contribution >= 4 is 29.5 Å². The first-order valence-electron chi connectivity index (χ1n) is 12.0. The maximum atomic E-state index is 13.8. The monoisotopic (exact) mass is 503 g/mol. The molecule has 5 rings (SSSR count). The van der Waals surface area contributed by atoms with Gasteiger partial charge in [0.25, 0.3) is 0 Å². The van der Waals surface area contributed by atoms with Crippen LogP contribution >= 0.6 is 0 Å². The highest BCUT2D eigenvalue weighted by Crippen LogP contribution is 2.43. The van der Waals surface area contributed by atoms with Gasteiger partial charge in [0.1, 0.15) is 5.82 Å². The van der Waals surface area contributed by atoms with Gasteiger partial charge < -0.3 is 4.74 Å². The number of ether oxygens (including phenoxy) is 1. The normalized spacial score (nSPS) is 16.3. The Morgan fingerprint density at radius 1 is 1.03 bits per heavy atom. The molecule has 2 aromatic carbocycles. The highest BCUT2D eigenvalue weighted by atomic mass is 19.1. The molecule has 190 valence electrons. The van der Waals surface area contributed by atoms with E-state index in [0.717, 1.165) is 5.56 Å². The zero-order chi connectivity index (χ0) is 26.3. The maximum absolute atomic E-state index is 13.8. The topological polar surface area (TPSA) is 88.0 Å². The zero-order valence-electron chi connectivity index (χ0n) is 20.7. The van der Waals surface area contributed by atoms with Gasteiger partial charge in [0, 0.05) is 32.2 Å². The second-order valence-electron chi connectivity index (χ2n) is 8.72. The van der Waals surface area contributed by atoms with Gasteiger partial charge in [-0.05, 0) is 42.8 Å². The number of halogens is 1. The lowest BCUT2D eigenvalue weighted by molar-refractivity contribution is -0.119. The molecule has 0 spiro atoms. The molecule has 9 nitrogen and oxygen atoms in total. The van der Waals surface area contributed by atoms with Gasteiger partial charge in [0.2, 0.25) is 17.8 Å². The molecule has 3 heterocycles. The highest BCUT2D eigenvalue weighted by Gasteiger charge is 2.38. The van der Waals surface area contributed by atoms with Crippen molar-refractivity contribution in [3.8, 4) is 11.3 Å². The van der Waals surface area contributed by atoms with E-state index < -0.39 is 17.8 Å². The Balaban J connectivity index is 1.78. The first-order valence-corrected chi connectivity index (χ1v) is 12.0. The van der Waals surface area contributed by atoms with E-state index >= 15 is 0 Å². The number of rotatable bonds is 3. The van der Waals surface area contributed by atoms with Crippen LogP contribution in [0.5, 0.6) is 0 Å². The van der Waals surface area contributed by atoms with E-state index in [0.29, 0.717) is 35.1 Å². The lowest BCUT2D eigenvalue weighted by Gasteiger charge is -2.37. The second kappa shape index (κ2) is 9.53. The van der Waals surface area contributed by atoms with Crippen LogP contribution in [0.1, 0.15) is 37.9 Å². The Morgan fingerprint density at radius 3 is 2.43 bits per heavy atom. The molecule has 0 fully saturated rings. The van der Waals surface area contributed by atoms with Crippen molar-refractivity contribution < 1.29 is 23.5 Å². The van der Waals surface area contributed by atoms with E-state index in [4.69, 9.17) is 9.72 Å². The van der Waals surface area contributed by atoms with Crippen molar-refractivity contribution in [1.82, 2.24) is 9.66 Å². The number of anilines is 2. The third-order valence-electron chi connectivity index (χ3n) is 6.47. The summed E-state index contributed by atoms with van der Waals surface area (Å²) in [5.41, 5.74) is 3.16. The van der Waals surface area contributed by atoms with E-state index in [1.165, 1.54) is 35.8 Å². The van der Waals surface area contributed by atoms with Crippen LogP contribution in [0, 0.1) is 5.82 Å². The number of para-hydroxylation sites is 1. The Hall–Kier alpha value is -4.47. The fourth-order valence-corrected chi connectivity index (χ4v) is 4.83. The van der Waals surface area contributed by atoms with Crippen LogP contribution in [0.4, 0.5) is 20.8 Å². The summed E-state index contributed by atoms with van der Waals surface area (Å²) in [6, 6.07) is 13.3. The third-order valence-corrected chi connectivity index (χ3v) is 6.47. The van der Waals surface area contributed by atoms with E-state index in [2.05, 4.69) is 0 Å². The number of allylic oxidation sites excluding steroid dienone is 1. The van der Waals surface area contributed by atoms with Gasteiger partial charge in [-0.25, -0.2) is 23.9 Å². The highest BCUT2D eigenvalue weighted by molar-refractivity contribution is 5.94. The number of carbonyl (C=O) groups excluding carboxylic acids is 3. The number of amides is 3. The number of imidazole rings is 1. The van der Waals surface area contributed by atoms with Crippen LogP contribution in [-0.2, 0) is 14.3 Å². The van der Waals surface area contributed by atoms with Gasteiger partial charge in [-0.2, -0.15) is 0 Å². The first-order chi connectivity index (χ1) is 17.8. The quantitative estimate of drug-likeness (QED) is 0.536. The number of hydrogen-bond donors (Lipinski definition) is 0. The average Bonchev–Trinajstić information content (AvgIpc) is 3.28. The number of hydrogen-bond acceptors (Lipinski definition) is 5. The first kappa shape index (κ1) is 24.2. The Morgan fingerprint density at radius 2 is 1.76 bits per heavy atom. The third kappa shape index (κ3) is 4.14. The molecule has 0 radical (unpaired) electrons. The summed E-state index contributed by atoms with van der Waals surface area (Å²) in [5.74, 6) is -0.952. The molecule has 3 amide bonds. The summed E-state index contributed by atoms with van der Waals surface area (Å²) in [6.45, 7) is 5.45. The summed E-state index contributed by atoms with van der Waals surface area (Å²) < 4.78 is 20.7. The van der Waals surface area contributed by atoms with Crippen LogP contribution in [0.15, 0.2) is 60.8 Å². The summed E-state index contributed by atoms with van der Waals surface area (Å²) >= 11 is 0. The average molecular weight is 504 g/mol. The summed E-state index contributed by atoms with van der Waals surface area (Å²) in [6.07, 6.45) is 2.97. The van der Waals surface area contributed by atoms with E-state index in [9.17, 15) is 18.8 Å². The van der Waals surface area contributed by atoms with E-state index in [-0.39, 0.29) is 25.0 Å². The molecule has 0 saturated heterocycles. The molecule has 0 bridgehead atoms. The number of aromatic nitrogens is 2. The molecule has 10 heteroatoms. The smallest absolute Gasteiger partial charge is 0.418 e. The molecular weight excluding hydrogens is 477 g/mol. The van der Waals surface area contributed by atoms with Crippen molar-refractivity contribution in [2.24, 2.45) is 0 Å². The summed E-state index contributed by atoms with van der Waals surface area (Å²) in [5, 5.41) is 1.55. The zero-order valence-corrected chi connectivity index (χ0v) is 20.7. The lowest BCUT2D eigenvalue weighted by atomic mass is 9.89. The van der Waals surface area contributed by atoms with Crippen LogP contribution in [0.3, 0.4) is 0 Å². The molecule has 0 aliphatic carbocycles. The minimum atomic E-state index is -0.508. The molecule has 2 aliphatic heterocycles. The summed E-state index contributed by atoms with van der Waals surface area (Å²) in [4.78, 5) is 45.8. The van der Waals surface area contributed by atoms with E-state index in [1.807, 2.05) is 30.3 Å². The lowest BCUT2D eigenvalue weighted by Crippen LogP contribution is -2.52. The minimum absolute atomic E-state index is 0.209. The van der Waals surface area contributed by atoms with Crippen molar-refractivity contribution in [1.29, 1.82) is 0 Å². The number of carbonyl (C=O) groups is 3. The fraction of sp³-hybridized carbons (Fsp3) is 0.259. The summed E-state index contributed by atoms with van der Waals surface area (Å²) in [7, 11) is 0. The van der Waals surface area contributed by atoms with Crippen molar-refractivity contribution in [2.45, 2.75) is 26.7 Å². The van der Waals surface area contributed by atoms with Gasteiger partial charge in [-0.1, -0.05) is 24.3 Å². The predicted molar refractivity (Wildman–Crippen MR) is 136 cm³/mol. The standard InChI is InChI=1S/C27H26FN5O4/c1-4-37-27(36)31-14-13-22(21-7-5-6-8-23(21)31)25-24(19-9-11-20(28)12-10-19)29-26-30(17(2)34)15-16-32(18(3)35)33(25)26/h5-14,22H,4,15-16H2,1-3H3. The number of benzene rings is 2. The van der Waals surface area contributed by atoms with Gasteiger partial charge in [0.15, 0.2) is 0 Å². The van der Waals surface area contributed by atoms with Gasteiger partial charge >= 0.3 is 6.09 Å². The molecule has 1 atom stereocenters. The van der Waals surface area contributed by atoms with Crippen LogP contribution in [-0.4, -0.2) is 47.3 Å². The molecule has 0 saturated carbocycles. The Labute approximate surface area is 213 Å². The van der Waals surface area contributed by atoms with Gasteiger partial charge in [-0.3, -0.25) is 19.4 Å². The van der Waals surface area contributed by atoms with E-state index in [1.54, 1.807) is 34.9 Å². The Bertz CT molecular complexity index is 1410. The van der Waals surface area contributed by atoms with Crippen molar-refractivity contribution in [2.75, 3.05) is 34.5 Å². The van der Waals surface area contributed by atoms with Crippen LogP contribution in [0.2, 0.25) is 0 Å². The molecular formula is C27H26FN5O4. The van der Waals surface area contributed by atoms with Crippen LogP contribution < -0.4 is 14.8 Å². The largest absolute Gasteiger partial charge is 0.449 e. The molecule has 0 N–H and O–H groups in total. The fourth-order valence-electron chi connectivity index (χ4n) is 4.83. The number of nitrogens with zero attached hydrogens (tertiary/aromatic N) is 5. The molecule has 1 unspecified atom stereocenters. The minimum Gasteiger partial charge on any atom is -0.449 e. The molecule has 1 aromatic heterocycles. The van der Waals surface area contributed by atoms with Crippen molar-refractivity contribution in [3.63, 3.8) is 0 Å². The van der Waals surface area contributed by atoms with Gasteiger partial charge in [0.05, 0.1) is 36.1 Å². The molecule has 3 aromatic rings.